The number of aliphatic carboxylic acids is 1. The Morgan fingerprint density at radius 2 is 1.70 bits per heavy atom. The van der Waals surface area contributed by atoms with E-state index in [1.807, 2.05) is 0 Å². The van der Waals surface area contributed by atoms with Gasteiger partial charge in [-0.1, -0.05) is 27.7 Å². The molecule has 0 unspecified atom stereocenters. The largest absolute Gasteiger partial charge is 0.481 e. The molecule has 1 spiro atoms. The SMILES string of the molecule is C[C@@H]1CC[C@@]2(OC1)O[C@H]1C[C@H]3[C@@H]4CC[C@@H]5C[C@H](OC(=O)CCC(=O)O)CC[C@]5(C)[C@H]4CC[C@]3(C)[C@H]1[C@@H]2C. The number of carboxylic acids is 1. The number of fused-ring (bicyclic) bond motifs is 7. The summed E-state index contributed by atoms with van der Waals surface area (Å²) in [6.45, 7) is 10.7. The van der Waals surface area contributed by atoms with Crippen molar-refractivity contribution < 1.29 is 28.9 Å². The second kappa shape index (κ2) is 9.21. The normalized spacial score (nSPS) is 52.6. The zero-order valence-corrected chi connectivity index (χ0v) is 23.4. The third-order valence-corrected chi connectivity index (χ3v) is 12.7. The van der Waals surface area contributed by atoms with E-state index in [2.05, 4.69) is 27.7 Å². The number of carboxylic acid groups (broad SMARTS) is 1. The molecule has 6 aliphatic rings. The van der Waals surface area contributed by atoms with Crippen molar-refractivity contribution in [3.63, 3.8) is 0 Å². The Bertz CT molecular complexity index is 909. The van der Waals surface area contributed by atoms with Crippen molar-refractivity contribution in [2.24, 2.45) is 52.3 Å². The summed E-state index contributed by atoms with van der Waals surface area (Å²) >= 11 is 0. The molecule has 0 bridgehead atoms. The Kier molecular flexibility index (Phi) is 6.50. The first-order chi connectivity index (χ1) is 17.6. The van der Waals surface area contributed by atoms with Crippen LogP contribution in [-0.4, -0.2) is 41.6 Å². The molecule has 2 saturated heterocycles. The first-order valence-corrected chi connectivity index (χ1v) is 15.3. The Balaban J connectivity index is 1.13. The average molecular weight is 517 g/mol. The third-order valence-electron chi connectivity index (χ3n) is 12.7. The molecule has 0 radical (unpaired) electrons. The average Bonchev–Trinajstić information content (AvgIpc) is 3.30. The summed E-state index contributed by atoms with van der Waals surface area (Å²) in [6.07, 6.45) is 11.7. The Hall–Kier alpha value is -1.14. The zero-order chi connectivity index (χ0) is 26.2. The van der Waals surface area contributed by atoms with Gasteiger partial charge in [0.1, 0.15) is 6.10 Å². The minimum Gasteiger partial charge on any atom is -0.481 e. The lowest BCUT2D eigenvalue weighted by Crippen LogP contribution is -2.55. The summed E-state index contributed by atoms with van der Waals surface area (Å²) in [4.78, 5) is 23.0. The van der Waals surface area contributed by atoms with E-state index in [0.29, 0.717) is 40.6 Å². The van der Waals surface area contributed by atoms with Crippen molar-refractivity contribution in [1.82, 2.24) is 0 Å². The Morgan fingerprint density at radius 3 is 2.43 bits per heavy atom. The Morgan fingerprint density at radius 1 is 0.919 bits per heavy atom. The first-order valence-electron chi connectivity index (χ1n) is 15.3. The van der Waals surface area contributed by atoms with Crippen LogP contribution in [0.5, 0.6) is 0 Å². The number of rotatable bonds is 4. The second-order valence-electron chi connectivity index (χ2n) is 14.5. The molecule has 6 heteroatoms. The monoisotopic (exact) mass is 516 g/mol. The molecule has 6 rings (SSSR count). The van der Waals surface area contributed by atoms with Gasteiger partial charge in [0, 0.05) is 12.3 Å². The predicted molar refractivity (Wildman–Crippen MR) is 138 cm³/mol. The summed E-state index contributed by atoms with van der Waals surface area (Å²) in [5.41, 5.74) is 0.670. The van der Waals surface area contributed by atoms with Crippen LogP contribution in [0.1, 0.15) is 105 Å². The molecule has 0 aromatic rings. The maximum atomic E-state index is 12.2. The van der Waals surface area contributed by atoms with Crippen molar-refractivity contribution in [1.29, 1.82) is 0 Å². The molecule has 2 aliphatic heterocycles. The smallest absolute Gasteiger partial charge is 0.306 e. The number of ether oxygens (including phenoxy) is 3. The van der Waals surface area contributed by atoms with E-state index in [1.54, 1.807) is 0 Å². The van der Waals surface area contributed by atoms with Gasteiger partial charge in [-0.2, -0.15) is 0 Å². The summed E-state index contributed by atoms with van der Waals surface area (Å²) in [7, 11) is 0. The molecule has 208 valence electrons. The van der Waals surface area contributed by atoms with Crippen molar-refractivity contribution in [3.05, 3.63) is 0 Å². The maximum Gasteiger partial charge on any atom is 0.306 e. The van der Waals surface area contributed by atoms with Gasteiger partial charge in [-0.05, 0) is 104 Å². The highest BCUT2D eigenvalue weighted by molar-refractivity contribution is 5.76. The third kappa shape index (κ3) is 4.10. The predicted octanol–water partition coefficient (Wildman–Crippen LogP) is 6.21. The number of esters is 1. The van der Waals surface area contributed by atoms with Gasteiger partial charge in [0.2, 0.25) is 0 Å². The molecule has 0 aromatic carbocycles. The van der Waals surface area contributed by atoms with Crippen molar-refractivity contribution >= 4 is 11.9 Å². The lowest BCUT2D eigenvalue weighted by Gasteiger charge is -2.61. The van der Waals surface area contributed by atoms with E-state index < -0.39 is 5.97 Å². The zero-order valence-electron chi connectivity index (χ0n) is 23.4. The van der Waals surface area contributed by atoms with E-state index >= 15 is 0 Å². The minimum atomic E-state index is -0.942. The molecule has 4 saturated carbocycles. The minimum absolute atomic E-state index is 0.0209. The quantitative estimate of drug-likeness (QED) is 0.448. The second-order valence-corrected chi connectivity index (χ2v) is 14.5. The summed E-state index contributed by atoms with van der Waals surface area (Å²) in [5.74, 6) is 2.96. The van der Waals surface area contributed by atoms with Crippen molar-refractivity contribution in [2.45, 2.75) is 123 Å². The molecule has 4 aliphatic carbocycles. The Labute approximate surface area is 222 Å². The van der Waals surface area contributed by atoms with Gasteiger partial charge in [0.25, 0.3) is 0 Å². The number of hydrogen-bond donors (Lipinski definition) is 1. The lowest BCUT2D eigenvalue weighted by atomic mass is 9.44. The van der Waals surface area contributed by atoms with Crippen LogP contribution < -0.4 is 0 Å². The first kappa shape index (κ1) is 26.1. The van der Waals surface area contributed by atoms with Crippen molar-refractivity contribution in [2.75, 3.05) is 6.61 Å². The molecule has 0 aromatic heterocycles. The number of carbonyl (C=O) groups excluding carboxylic acids is 1. The maximum absolute atomic E-state index is 12.2. The molecule has 0 amide bonds. The molecule has 1 N–H and O–H groups in total. The topological polar surface area (TPSA) is 82.1 Å². The number of hydrogen-bond acceptors (Lipinski definition) is 5. The van der Waals surface area contributed by atoms with Gasteiger partial charge in [-0.3, -0.25) is 9.59 Å². The summed E-state index contributed by atoms with van der Waals surface area (Å²) in [5, 5.41) is 8.87. The molecular weight excluding hydrogens is 468 g/mol. The molecule has 12 atom stereocenters. The van der Waals surface area contributed by atoms with Gasteiger partial charge in [0.15, 0.2) is 5.79 Å². The van der Waals surface area contributed by atoms with Gasteiger partial charge in [0.05, 0.1) is 25.6 Å². The van der Waals surface area contributed by atoms with E-state index in [0.717, 1.165) is 50.0 Å². The fraction of sp³-hybridized carbons (Fsp3) is 0.935. The van der Waals surface area contributed by atoms with Crippen LogP contribution in [0, 0.1) is 52.3 Å². The summed E-state index contributed by atoms with van der Waals surface area (Å²) < 4.78 is 19.2. The van der Waals surface area contributed by atoms with Crippen LogP contribution in [0.25, 0.3) is 0 Å². The number of carbonyl (C=O) groups is 2. The van der Waals surface area contributed by atoms with E-state index in [9.17, 15) is 9.59 Å². The van der Waals surface area contributed by atoms with Crippen LogP contribution in [0.3, 0.4) is 0 Å². The van der Waals surface area contributed by atoms with Crippen molar-refractivity contribution in [3.8, 4) is 0 Å². The molecular formula is C31H48O6. The molecule has 6 fully saturated rings. The van der Waals surface area contributed by atoms with Gasteiger partial charge in [-0.15, -0.1) is 0 Å². The standard InChI is InChI=1S/C31H48O6/c1-18-9-14-31(35-17-18)19(2)28-25(37-31)16-24-22-6-5-20-15-21(36-27(34)8-7-26(32)33)10-12-29(20,3)23(22)11-13-30(24,28)4/h18-25,28H,5-17H2,1-4H3,(H,32,33)/t18-,19+,20-,21-,22-,23+,24+,25+,28+,29+,30+,31-/m1/s1. The highest BCUT2D eigenvalue weighted by Crippen LogP contribution is 2.71. The van der Waals surface area contributed by atoms with Crippen LogP contribution in [0.2, 0.25) is 0 Å². The van der Waals surface area contributed by atoms with E-state index in [-0.39, 0.29) is 30.7 Å². The van der Waals surface area contributed by atoms with Gasteiger partial charge < -0.3 is 19.3 Å². The summed E-state index contributed by atoms with van der Waals surface area (Å²) in [6, 6.07) is 0. The van der Waals surface area contributed by atoms with E-state index in [1.165, 1.54) is 38.5 Å². The molecule has 6 nitrogen and oxygen atoms in total. The lowest BCUT2D eigenvalue weighted by molar-refractivity contribution is -0.273. The van der Waals surface area contributed by atoms with Crippen LogP contribution >= 0.6 is 0 Å². The van der Waals surface area contributed by atoms with E-state index in [4.69, 9.17) is 19.3 Å². The van der Waals surface area contributed by atoms with Crippen LogP contribution in [0.15, 0.2) is 0 Å². The van der Waals surface area contributed by atoms with Gasteiger partial charge in [-0.25, -0.2) is 0 Å². The fourth-order valence-corrected chi connectivity index (χ4v) is 10.8. The molecule has 2 heterocycles. The highest BCUT2D eigenvalue weighted by atomic mass is 16.7. The van der Waals surface area contributed by atoms with Crippen LogP contribution in [0.4, 0.5) is 0 Å². The molecule has 37 heavy (non-hydrogen) atoms. The van der Waals surface area contributed by atoms with Gasteiger partial charge >= 0.3 is 11.9 Å². The fourth-order valence-electron chi connectivity index (χ4n) is 10.8. The highest BCUT2D eigenvalue weighted by Gasteiger charge is 2.69. The van der Waals surface area contributed by atoms with Crippen LogP contribution in [-0.2, 0) is 23.8 Å².